The monoisotopic (exact) mass is 676 g/mol. The van der Waals surface area contributed by atoms with Crippen molar-refractivity contribution in [2.75, 3.05) is 13.7 Å². The van der Waals surface area contributed by atoms with Crippen LogP contribution in [0.3, 0.4) is 0 Å². The summed E-state index contributed by atoms with van der Waals surface area (Å²) in [6, 6.07) is 0. The van der Waals surface area contributed by atoms with Gasteiger partial charge in [-0.05, 0) is 44.6 Å². The number of fused-ring (bicyclic) bond motifs is 7. The Labute approximate surface area is 277 Å². The maximum atomic E-state index is 14.9. The molecule has 3 heterocycles. The number of carbonyl (C=O) groups is 4. The van der Waals surface area contributed by atoms with Crippen molar-refractivity contribution in [3.63, 3.8) is 0 Å². The minimum absolute atomic E-state index is 0.0448. The van der Waals surface area contributed by atoms with Gasteiger partial charge in [-0.1, -0.05) is 18.6 Å². The van der Waals surface area contributed by atoms with Crippen molar-refractivity contribution in [1.29, 1.82) is 0 Å². The van der Waals surface area contributed by atoms with E-state index in [2.05, 4.69) is 0 Å². The minimum Gasteiger partial charge on any atom is -0.459 e. The molecule has 0 bridgehead atoms. The summed E-state index contributed by atoms with van der Waals surface area (Å²) in [5.74, 6) is -6.78. The summed E-state index contributed by atoms with van der Waals surface area (Å²) in [4.78, 5) is 52.4. The third kappa shape index (κ3) is 4.29. The van der Waals surface area contributed by atoms with E-state index in [0.29, 0.717) is 17.6 Å². The summed E-state index contributed by atoms with van der Waals surface area (Å²) in [6.07, 6.45) is -3.31. The second-order valence-corrected chi connectivity index (χ2v) is 15.0. The highest BCUT2D eigenvalue weighted by molar-refractivity contribution is 5.95. The van der Waals surface area contributed by atoms with Gasteiger partial charge in [0.1, 0.15) is 36.1 Å². The van der Waals surface area contributed by atoms with Crippen LogP contribution in [0.5, 0.6) is 0 Å². The molecule has 0 aromatic heterocycles. The van der Waals surface area contributed by atoms with Gasteiger partial charge < -0.3 is 48.5 Å². The molecule has 0 amide bonds. The fraction of sp³-hybridized carbons (Fsp3) is 0.765. The standard InChI is InChI=1S/C34H44O14/c1-15-9-24(42-6)34(41)29(44-15)47-21-11-19-12-23(45-16(2)35)33(40)27(30(19,4)13-22(21)48-34)26(46-17(3)36)28(38)31(5)20(7-8-32(31,33)39)18-10-25(37)43-14-18/h10-11,15,20-24,26-27,29,39-41H,7-9,12-14H2,1-6H3/t15-,20-,21-,22-,23-,24-,26+,27-,29+,30+,31+,32-,33+,34+/m1/s1. The zero-order chi connectivity index (χ0) is 34.8. The molecule has 2 saturated heterocycles. The number of aliphatic hydroxyl groups is 3. The molecule has 7 rings (SSSR count). The van der Waals surface area contributed by atoms with Crippen LogP contribution in [0.2, 0.25) is 0 Å². The maximum absolute atomic E-state index is 14.9. The Morgan fingerprint density at radius 3 is 2.35 bits per heavy atom. The molecule has 3 saturated carbocycles. The molecule has 14 nitrogen and oxygen atoms in total. The molecule has 0 unspecified atom stereocenters. The molecule has 7 aliphatic rings. The Balaban J connectivity index is 1.38. The van der Waals surface area contributed by atoms with Crippen LogP contribution in [0.1, 0.15) is 66.7 Å². The number of ether oxygens (including phenoxy) is 7. The number of esters is 3. The van der Waals surface area contributed by atoms with E-state index in [4.69, 9.17) is 33.2 Å². The summed E-state index contributed by atoms with van der Waals surface area (Å²) >= 11 is 0. The number of methoxy groups -OCH3 is 1. The molecule has 5 fully saturated rings. The zero-order valence-corrected chi connectivity index (χ0v) is 27.9. The molecule has 3 aliphatic heterocycles. The third-order valence-electron chi connectivity index (χ3n) is 12.6. The number of rotatable bonds is 4. The Bertz CT molecular complexity index is 1510. The number of hydrogen-bond acceptors (Lipinski definition) is 14. The molecule has 3 N–H and O–H groups in total. The van der Waals surface area contributed by atoms with Crippen molar-refractivity contribution in [2.24, 2.45) is 22.7 Å². The van der Waals surface area contributed by atoms with Crippen LogP contribution in [0.15, 0.2) is 23.3 Å². The van der Waals surface area contributed by atoms with E-state index < -0.39 is 100 Å². The first-order valence-electron chi connectivity index (χ1n) is 16.6. The van der Waals surface area contributed by atoms with E-state index in [9.17, 15) is 34.5 Å². The van der Waals surface area contributed by atoms with Crippen LogP contribution in [-0.2, 0) is 52.3 Å². The summed E-state index contributed by atoms with van der Waals surface area (Å²) in [6.45, 7) is 7.39. The van der Waals surface area contributed by atoms with Crippen molar-refractivity contribution in [3.05, 3.63) is 23.3 Å². The number of Topliss-reactive ketones (excluding diaryl/α,β-unsaturated/α-hetero) is 1. The molecule has 14 atom stereocenters. The normalized spacial score (nSPS) is 50.8. The van der Waals surface area contributed by atoms with Gasteiger partial charge in [-0.2, -0.15) is 0 Å². The minimum atomic E-state index is -2.34. The molecule has 4 aliphatic carbocycles. The van der Waals surface area contributed by atoms with Crippen molar-refractivity contribution in [2.45, 2.75) is 127 Å². The van der Waals surface area contributed by atoms with Gasteiger partial charge in [0.2, 0.25) is 12.1 Å². The first kappa shape index (κ1) is 33.8. The number of ketones is 1. The maximum Gasteiger partial charge on any atom is 0.331 e. The van der Waals surface area contributed by atoms with Gasteiger partial charge in [-0.15, -0.1) is 0 Å². The van der Waals surface area contributed by atoms with E-state index in [-0.39, 0.29) is 38.4 Å². The molecule has 0 aromatic rings. The van der Waals surface area contributed by atoms with E-state index in [1.165, 1.54) is 27.0 Å². The van der Waals surface area contributed by atoms with Crippen molar-refractivity contribution in [1.82, 2.24) is 0 Å². The van der Waals surface area contributed by atoms with Gasteiger partial charge in [-0.3, -0.25) is 14.4 Å². The van der Waals surface area contributed by atoms with Crippen LogP contribution in [-0.4, -0.2) is 113 Å². The Kier molecular flexibility index (Phi) is 7.66. The van der Waals surface area contributed by atoms with Crippen molar-refractivity contribution >= 4 is 23.7 Å². The third-order valence-corrected chi connectivity index (χ3v) is 12.6. The van der Waals surface area contributed by atoms with Crippen LogP contribution in [0, 0.1) is 22.7 Å². The smallest absolute Gasteiger partial charge is 0.331 e. The fourth-order valence-corrected chi connectivity index (χ4v) is 10.5. The quantitative estimate of drug-likeness (QED) is 0.215. The van der Waals surface area contributed by atoms with Gasteiger partial charge in [0, 0.05) is 51.2 Å². The summed E-state index contributed by atoms with van der Waals surface area (Å²) < 4.78 is 41.0. The predicted molar refractivity (Wildman–Crippen MR) is 159 cm³/mol. The lowest BCUT2D eigenvalue weighted by Gasteiger charge is -2.68. The lowest BCUT2D eigenvalue weighted by Crippen LogP contribution is -2.83. The Hall–Kier alpha value is -2.72. The number of cyclic esters (lactones) is 1. The lowest BCUT2D eigenvalue weighted by molar-refractivity contribution is -0.450. The largest absolute Gasteiger partial charge is 0.459 e. The molecule has 0 radical (unpaired) electrons. The van der Waals surface area contributed by atoms with E-state index in [1.807, 2.05) is 6.92 Å². The van der Waals surface area contributed by atoms with Crippen LogP contribution >= 0.6 is 0 Å². The van der Waals surface area contributed by atoms with Gasteiger partial charge in [0.15, 0.2) is 11.9 Å². The molecule has 14 heteroatoms. The van der Waals surface area contributed by atoms with Crippen molar-refractivity contribution < 1.29 is 67.7 Å². The highest BCUT2D eigenvalue weighted by atomic mass is 16.8. The van der Waals surface area contributed by atoms with E-state index in [0.717, 1.165) is 6.92 Å². The van der Waals surface area contributed by atoms with Crippen LogP contribution < -0.4 is 0 Å². The lowest BCUT2D eigenvalue weighted by atomic mass is 9.40. The SMILES string of the molecule is CO[C@@H]1C[C@@H](C)O[C@H]2O[C@@H]3C=C4C[C@@H](OC(C)=O)[C@]5(O)[C@H]([C@H](OC(C)=O)C(=O)[C@]6(C)[C@@H](C7=CC(=O)OC7)CC[C@]56O)[C@@]4(C)C[C@H]3O[C@]21O. The molecule has 48 heavy (non-hydrogen) atoms. The van der Waals surface area contributed by atoms with E-state index >= 15 is 0 Å². The van der Waals surface area contributed by atoms with Crippen LogP contribution in [0.4, 0.5) is 0 Å². The first-order chi connectivity index (χ1) is 22.4. The number of carbonyl (C=O) groups excluding carboxylic acids is 4. The second kappa shape index (κ2) is 10.9. The highest BCUT2D eigenvalue weighted by Gasteiger charge is 2.83. The second-order valence-electron chi connectivity index (χ2n) is 15.0. The van der Waals surface area contributed by atoms with Crippen molar-refractivity contribution in [3.8, 4) is 0 Å². The topological polar surface area (TPSA) is 194 Å². The van der Waals surface area contributed by atoms with Crippen LogP contribution in [0.25, 0.3) is 0 Å². The van der Waals surface area contributed by atoms with Gasteiger partial charge in [0.25, 0.3) is 0 Å². The van der Waals surface area contributed by atoms with E-state index in [1.54, 1.807) is 13.0 Å². The summed E-state index contributed by atoms with van der Waals surface area (Å²) in [5.41, 5.74) is -6.43. The molecule has 0 spiro atoms. The summed E-state index contributed by atoms with van der Waals surface area (Å²) in [7, 11) is 1.46. The first-order valence-corrected chi connectivity index (χ1v) is 16.6. The Morgan fingerprint density at radius 2 is 1.73 bits per heavy atom. The zero-order valence-electron chi connectivity index (χ0n) is 27.9. The molecule has 264 valence electrons. The fourth-order valence-electron chi connectivity index (χ4n) is 10.5. The Morgan fingerprint density at radius 1 is 1.02 bits per heavy atom. The highest BCUT2D eigenvalue weighted by Crippen LogP contribution is 2.71. The molecular formula is C34H44O14. The predicted octanol–water partition coefficient (Wildman–Crippen LogP) is 0.773. The molecular weight excluding hydrogens is 632 g/mol. The van der Waals surface area contributed by atoms with Gasteiger partial charge in [-0.25, -0.2) is 4.79 Å². The molecule has 0 aromatic carbocycles. The summed E-state index contributed by atoms with van der Waals surface area (Å²) in [5, 5.41) is 38.0. The average molecular weight is 677 g/mol. The van der Waals surface area contributed by atoms with Gasteiger partial charge in [0.05, 0.1) is 17.6 Å². The van der Waals surface area contributed by atoms with Gasteiger partial charge >= 0.3 is 17.9 Å². The number of hydrogen-bond donors (Lipinski definition) is 3. The average Bonchev–Trinajstić information content (AvgIpc) is 3.55.